The summed E-state index contributed by atoms with van der Waals surface area (Å²) < 4.78 is 0. The second-order valence-corrected chi connectivity index (χ2v) is 5.40. The highest BCUT2D eigenvalue weighted by Gasteiger charge is 2.13. The Hall–Kier alpha value is -1.69. The number of nitrogens with zero attached hydrogens (tertiary/aromatic N) is 1. The van der Waals surface area contributed by atoms with E-state index in [0.717, 1.165) is 32.7 Å². The van der Waals surface area contributed by atoms with Crippen LogP contribution < -0.4 is 5.44 Å². The van der Waals surface area contributed by atoms with Crippen LogP contribution in [0.4, 0.5) is 0 Å². The van der Waals surface area contributed by atoms with Crippen LogP contribution in [0.2, 0.25) is 5.02 Å². The molecule has 3 aromatic rings. The molecule has 0 aliphatic carbocycles. The first-order valence-electron chi connectivity index (χ1n) is 6.32. The van der Waals surface area contributed by atoms with Gasteiger partial charge in [0.1, 0.15) is 0 Å². The molecular weight excluding hydrogens is 285 g/mol. The number of rotatable bonds is 2. The second kappa shape index (κ2) is 5.75. The predicted molar refractivity (Wildman–Crippen MR) is 89.5 cm³/mol. The lowest BCUT2D eigenvalue weighted by atomic mass is 10.0. The Labute approximate surface area is 125 Å². The minimum absolute atomic E-state index is 0.738. The standard InChI is InChI=1S/C17H13ClNP/c18-16-14(12-7-3-1-4-8-12)11-19-17(20)15(16)13-9-5-2-6-10-13/h1-11H,20H2. The Morgan fingerprint density at radius 3 is 1.95 bits per heavy atom. The number of pyridine rings is 1. The fraction of sp³-hybridized carbons (Fsp3) is 0. The highest BCUT2D eigenvalue weighted by Crippen LogP contribution is 2.35. The van der Waals surface area contributed by atoms with Gasteiger partial charge in [0.25, 0.3) is 0 Å². The van der Waals surface area contributed by atoms with Crippen LogP contribution in [0.5, 0.6) is 0 Å². The average molecular weight is 298 g/mol. The third kappa shape index (κ3) is 2.47. The van der Waals surface area contributed by atoms with Crippen molar-refractivity contribution in [3.8, 4) is 22.3 Å². The van der Waals surface area contributed by atoms with Gasteiger partial charge in [0.15, 0.2) is 0 Å². The zero-order valence-corrected chi connectivity index (χ0v) is 12.7. The molecule has 20 heavy (non-hydrogen) atoms. The van der Waals surface area contributed by atoms with E-state index >= 15 is 0 Å². The van der Waals surface area contributed by atoms with Crippen LogP contribution in [0.25, 0.3) is 22.3 Å². The number of benzene rings is 2. The van der Waals surface area contributed by atoms with Gasteiger partial charge < -0.3 is 0 Å². The fourth-order valence-electron chi connectivity index (χ4n) is 2.20. The van der Waals surface area contributed by atoms with Crippen LogP contribution in [-0.2, 0) is 0 Å². The lowest BCUT2D eigenvalue weighted by Gasteiger charge is -2.12. The first-order valence-corrected chi connectivity index (χ1v) is 7.27. The quantitative estimate of drug-likeness (QED) is 0.631. The normalized spacial score (nSPS) is 10.5. The van der Waals surface area contributed by atoms with Crippen LogP contribution in [0, 0.1) is 0 Å². The third-order valence-corrected chi connectivity index (χ3v) is 4.02. The molecule has 1 unspecified atom stereocenters. The van der Waals surface area contributed by atoms with E-state index in [1.165, 1.54) is 0 Å². The summed E-state index contributed by atoms with van der Waals surface area (Å²) in [6.45, 7) is 0. The number of halogens is 1. The maximum absolute atomic E-state index is 6.63. The van der Waals surface area contributed by atoms with Gasteiger partial charge in [-0.05, 0) is 11.1 Å². The zero-order chi connectivity index (χ0) is 13.9. The van der Waals surface area contributed by atoms with Crippen molar-refractivity contribution in [3.63, 3.8) is 0 Å². The monoisotopic (exact) mass is 297 g/mol. The van der Waals surface area contributed by atoms with Gasteiger partial charge in [-0.1, -0.05) is 81.5 Å². The van der Waals surface area contributed by atoms with Crippen molar-refractivity contribution in [2.24, 2.45) is 0 Å². The molecule has 1 heterocycles. The van der Waals surface area contributed by atoms with Crippen LogP contribution in [-0.4, -0.2) is 4.98 Å². The molecule has 0 amide bonds. The van der Waals surface area contributed by atoms with E-state index in [0.29, 0.717) is 0 Å². The molecule has 1 aromatic heterocycles. The number of aromatic nitrogens is 1. The topological polar surface area (TPSA) is 12.9 Å². The first kappa shape index (κ1) is 13.3. The van der Waals surface area contributed by atoms with Crippen molar-refractivity contribution in [3.05, 3.63) is 71.9 Å². The second-order valence-electron chi connectivity index (χ2n) is 4.48. The van der Waals surface area contributed by atoms with Crippen molar-refractivity contribution >= 4 is 26.3 Å². The molecule has 1 atom stereocenters. The maximum atomic E-state index is 6.63. The molecule has 1 nitrogen and oxygen atoms in total. The van der Waals surface area contributed by atoms with Gasteiger partial charge in [-0.15, -0.1) is 0 Å². The summed E-state index contributed by atoms with van der Waals surface area (Å²) in [5, 5.41) is 0.738. The summed E-state index contributed by atoms with van der Waals surface area (Å²) in [5.41, 5.74) is 4.94. The smallest absolute Gasteiger partial charge is 0.0662 e. The summed E-state index contributed by atoms with van der Waals surface area (Å²) >= 11 is 6.63. The summed E-state index contributed by atoms with van der Waals surface area (Å²) in [7, 11) is 2.66. The van der Waals surface area contributed by atoms with E-state index in [-0.39, 0.29) is 0 Å². The van der Waals surface area contributed by atoms with Gasteiger partial charge in [0, 0.05) is 17.3 Å². The van der Waals surface area contributed by atoms with Crippen LogP contribution in [0.15, 0.2) is 66.9 Å². The zero-order valence-electron chi connectivity index (χ0n) is 10.8. The predicted octanol–water partition coefficient (Wildman–Crippen LogP) is 4.57. The Kier molecular flexibility index (Phi) is 3.82. The lowest BCUT2D eigenvalue weighted by Crippen LogP contribution is -2.04. The summed E-state index contributed by atoms with van der Waals surface area (Å²) in [6.07, 6.45) is 1.83. The summed E-state index contributed by atoms with van der Waals surface area (Å²) in [4.78, 5) is 4.47. The number of hydrogen-bond acceptors (Lipinski definition) is 1. The molecule has 0 saturated carbocycles. The number of hydrogen-bond donors (Lipinski definition) is 0. The molecular formula is C17H13ClNP. The molecule has 2 aromatic carbocycles. The van der Waals surface area contributed by atoms with Crippen molar-refractivity contribution in [2.45, 2.75) is 0 Å². The van der Waals surface area contributed by atoms with E-state index in [1.54, 1.807) is 0 Å². The molecule has 0 spiro atoms. The van der Waals surface area contributed by atoms with Crippen molar-refractivity contribution in [1.82, 2.24) is 4.98 Å². The highest BCUT2D eigenvalue weighted by molar-refractivity contribution is 7.27. The SMILES string of the molecule is Pc1ncc(-c2ccccc2)c(Cl)c1-c1ccccc1. The van der Waals surface area contributed by atoms with Gasteiger partial charge >= 0.3 is 0 Å². The Bertz CT molecular complexity index is 727. The molecule has 3 rings (SSSR count). The Morgan fingerprint density at radius 2 is 1.35 bits per heavy atom. The minimum Gasteiger partial charge on any atom is -0.256 e. The van der Waals surface area contributed by atoms with E-state index in [4.69, 9.17) is 11.6 Å². The van der Waals surface area contributed by atoms with Gasteiger partial charge in [0.05, 0.1) is 10.5 Å². The van der Waals surface area contributed by atoms with Crippen molar-refractivity contribution in [1.29, 1.82) is 0 Å². The average Bonchev–Trinajstić information content (AvgIpc) is 2.49. The molecule has 0 aliphatic rings. The van der Waals surface area contributed by atoms with E-state index in [1.807, 2.05) is 66.9 Å². The van der Waals surface area contributed by atoms with Crippen molar-refractivity contribution < 1.29 is 0 Å². The molecule has 0 bridgehead atoms. The van der Waals surface area contributed by atoms with Crippen LogP contribution in [0.3, 0.4) is 0 Å². The maximum Gasteiger partial charge on any atom is 0.0662 e. The Morgan fingerprint density at radius 1 is 0.800 bits per heavy atom. The fourth-order valence-corrected chi connectivity index (χ4v) is 3.04. The lowest BCUT2D eigenvalue weighted by molar-refractivity contribution is 1.39. The third-order valence-electron chi connectivity index (χ3n) is 3.19. The molecule has 98 valence electrons. The molecule has 0 fully saturated rings. The van der Waals surface area contributed by atoms with Crippen molar-refractivity contribution in [2.75, 3.05) is 0 Å². The minimum atomic E-state index is 0.738. The molecule has 0 radical (unpaired) electrons. The summed E-state index contributed by atoms with van der Waals surface area (Å²) in [5.74, 6) is 0. The molecule has 0 saturated heterocycles. The first-order chi connectivity index (χ1) is 9.77. The largest absolute Gasteiger partial charge is 0.256 e. The molecule has 0 N–H and O–H groups in total. The molecule has 0 aliphatic heterocycles. The van der Waals surface area contributed by atoms with E-state index in [9.17, 15) is 0 Å². The van der Waals surface area contributed by atoms with Crippen LogP contribution >= 0.6 is 20.8 Å². The van der Waals surface area contributed by atoms with Gasteiger partial charge in [0.2, 0.25) is 0 Å². The van der Waals surface area contributed by atoms with Gasteiger partial charge in [-0.3, -0.25) is 4.98 Å². The van der Waals surface area contributed by atoms with Gasteiger partial charge in [-0.25, -0.2) is 0 Å². The van der Waals surface area contributed by atoms with Crippen LogP contribution in [0.1, 0.15) is 0 Å². The highest BCUT2D eigenvalue weighted by atomic mass is 35.5. The molecule has 3 heteroatoms. The Balaban J connectivity index is 2.22. The van der Waals surface area contributed by atoms with Gasteiger partial charge in [-0.2, -0.15) is 0 Å². The van der Waals surface area contributed by atoms with E-state index < -0.39 is 0 Å². The summed E-state index contributed by atoms with van der Waals surface area (Å²) in [6, 6.07) is 20.2. The van der Waals surface area contributed by atoms with E-state index in [2.05, 4.69) is 14.2 Å².